The minimum Gasteiger partial charge on any atom is -0.340 e. The van der Waals surface area contributed by atoms with E-state index in [0.29, 0.717) is 12.3 Å². The van der Waals surface area contributed by atoms with Gasteiger partial charge in [-0.2, -0.15) is 0 Å². The molecule has 0 radical (unpaired) electrons. The monoisotopic (exact) mass is 289 g/mol. The molecule has 1 aromatic rings. The summed E-state index contributed by atoms with van der Waals surface area (Å²) in [4.78, 5) is 16.7. The summed E-state index contributed by atoms with van der Waals surface area (Å²) in [6.07, 6.45) is 0.397. The van der Waals surface area contributed by atoms with Crippen LogP contribution in [-0.4, -0.2) is 48.4 Å². The molecule has 0 aromatic heterocycles. The number of nitrogens with two attached hydrogens (primary N) is 1. The molecule has 0 bridgehead atoms. The molecule has 116 valence electrons. The summed E-state index contributed by atoms with van der Waals surface area (Å²) < 4.78 is 0. The Morgan fingerprint density at radius 1 is 1.14 bits per heavy atom. The van der Waals surface area contributed by atoms with E-state index in [2.05, 4.69) is 18.7 Å². The summed E-state index contributed by atoms with van der Waals surface area (Å²) in [5.41, 5.74) is 7.17. The van der Waals surface area contributed by atoms with Gasteiger partial charge in [0.05, 0.1) is 0 Å². The maximum atomic E-state index is 12.3. The van der Waals surface area contributed by atoms with Crippen molar-refractivity contribution >= 4 is 5.91 Å². The van der Waals surface area contributed by atoms with Crippen LogP contribution in [-0.2, 0) is 4.79 Å². The van der Waals surface area contributed by atoms with Gasteiger partial charge in [0.15, 0.2) is 0 Å². The largest absolute Gasteiger partial charge is 0.340 e. The first kappa shape index (κ1) is 16.0. The molecular formula is C17H27N3O. The average Bonchev–Trinajstić information content (AvgIpc) is 2.48. The third kappa shape index (κ3) is 4.83. The van der Waals surface area contributed by atoms with Gasteiger partial charge in [0.25, 0.3) is 0 Å². The Hall–Kier alpha value is -1.39. The molecule has 0 spiro atoms. The Kier molecular flexibility index (Phi) is 5.76. The van der Waals surface area contributed by atoms with E-state index in [0.717, 1.165) is 38.3 Å². The molecule has 1 aliphatic rings. The Labute approximate surface area is 127 Å². The van der Waals surface area contributed by atoms with E-state index >= 15 is 0 Å². The maximum absolute atomic E-state index is 12.3. The predicted molar refractivity (Wildman–Crippen MR) is 85.8 cm³/mol. The summed E-state index contributed by atoms with van der Waals surface area (Å²) in [7, 11) is 0. The first-order valence-electron chi connectivity index (χ1n) is 7.87. The molecule has 0 aliphatic carbocycles. The lowest BCUT2D eigenvalue weighted by molar-refractivity contribution is -0.133. The number of hydrogen-bond acceptors (Lipinski definition) is 3. The third-order valence-electron chi connectivity index (χ3n) is 3.97. The van der Waals surface area contributed by atoms with Gasteiger partial charge in [-0.1, -0.05) is 44.2 Å². The summed E-state index contributed by atoms with van der Waals surface area (Å²) in [5, 5.41) is 0. The van der Waals surface area contributed by atoms with Crippen LogP contribution in [0.3, 0.4) is 0 Å². The number of piperazine rings is 1. The van der Waals surface area contributed by atoms with Crippen molar-refractivity contribution in [3.63, 3.8) is 0 Å². The molecule has 1 unspecified atom stereocenters. The molecule has 1 amide bonds. The Morgan fingerprint density at radius 2 is 1.76 bits per heavy atom. The lowest BCUT2D eigenvalue weighted by atomic mass is 10.0. The molecule has 1 aromatic carbocycles. The second kappa shape index (κ2) is 7.57. The van der Waals surface area contributed by atoms with Gasteiger partial charge >= 0.3 is 0 Å². The number of rotatable bonds is 5. The van der Waals surface area contributed by atoms with Crippen molar-refractivity contribution in [2.24, 2.45) is 11.7 Å². The van der Waals surface area contributed by atoms with Gasteiger partial charge in [0.2, 0.25) is 5.91 Å². The molecule has 2 N–H and O–H groups in total. The standard InChI is InChI=1S/C17H27N3O/c1-14(2)13-19-8-10-20(11-9-19)17(21)12-16(18)15-6-4-3-5-7-15/h3-7,14,16H,8-13,18H2,1-2H3. The molecule has 1 aliphatic heterocycles. The van der Waals surface area contributed by atoms with Crippen LogP contribution in [0.2, 0.25) is 0 Å². The van der Waals surface area contributed by atoms with E-state index in [1.807, 2.05) is 35.2 Å². The van der Waals surface area contributed by atoms with Crippen molar-refractivity contribution < 1.29 is 4.79 Å². The summed E-state index contributed by atoms with van der Waals surface area (Å²) in [6, 6.07) is 9.66. The van der Waals surface area contributed by atoms with Gasteiger partial charge in [-0.3, -0.25) is 9.69 Å². The van der Waals surface area contributed by atoms with Crippen LogP contribution in [0.5, 0.6) is 0 Å². The summed E-state index contributed by atoms with van der Waals surface area (Å²) in [6.45, 7) is 9.19. The zero-order valence-electron chi connectivity index (χ0n) is 13.2. The molecule has 1 heterocycles. The highest BCUT2D eigenvalue weighted by molar-refractivity contribution is 5.77. The van der Waals surface area contributed by atoms with E-state index in [1.54, 1.807) is 0 Å². The molecule has 1 fully saturated rings. The van der Waals surface area contributed by atoms with Crippen LogP contribution >= 0.6 is 0 Å². The van der Waals surface area contributed by atoms with E-state index in [-0.39, 0.29) is 11.9 Å². The van der Waals surface area contributed by atoms with Crippen molar-refractivity contribution in [1.82, 2.24) is 9.80 Å². The van der Waals surface area contributed by atoms with Gasteiger partial charge in [-0.25, -0.2) is 0 Å². The van der Waals surface area contributed by atoms with Crippen LogP contribution in [0.25, 0.3) is 0 Å². The maximum Gasteiger partial charge on any atom is 0.224 e. The van der Waals surface area contributed by atoms with Crippen molar-refractivity contribution in [2.75, 3.05) is 32.7 Å². The fourth-order valence-electron chi connectivity index (χ4n) is 2.83. The van der Waals surface area contributed by atoms with Crippen molar-refractivity contribution in [2.45, 2.75) is 26.3 Å². The Morgan fingerprint density at radius 3 is 2.33 bits per heavy atom. The SMILES string of the molecule is CC(C)CN1CCN(C(=O)CC(N)c2ccccc2)CC1. The first-order chi connectivity index (χ1) is 10.1. The second-order valence-electron chi connectivity index (χ2n) is 6.30. The fourth-order valence-corrected chi connectivity index (χ4v) is 2.83. The van der Waals surface area contributed by atoms with Crippen LogP contribution in [0, 0.1) is 5.92 Å². The predicted octanol–water partition coefficient (Wildman–Crippen LogP) is 1.88. The van der Waals surface area contributed by atoms with E-state index < -0.39 is 0 Å². The normalized spacial score (nSPS) is 18.0. The first-order valence-corrected chi connectivity index (χ1v) is 7.87. The van der Waals surface area contributed by atoms with Crippen LogP contribution in [0.15, 0.2) is 30.3 Å². The zero-order valence-corrected chi connectivity index (χ0v) is 13.2. The van der Waals surface area contributed by atoms with Crippen LogP contribution in [0.1, 0.15) is 31.9 Å². The quantitative estimate of drug-likeness (QED) is 0.900. The van der Waals surface area contributed by atoms with E-state index in [1.165, 1.54) is 0 Å². The molecule has 2 rings (SSSR count). The molecule has 4 heteroatoms. The highest BCUT2D eigenvalue weighted by atomic mass is 16.2. The van der Waals surface area contributed by atoms with Gasteiger partial charge in [0, 0.05) is 45.2 Å². The second-order valence-corrected chi connectivity index (χ2v) is 6.30. The fraction of sp³-hybridized carbons (Fsp3) is 0.588. The minimum atomic E-state index is -0.201. The van der Waals surface area contributed by atoms with E-state index in [4.69, 9.17) is 5.73 Å². The number of carbonyl (C=O) groups is 1. The summed E-state index contributed by atoms with van der Waals surface area (Å²) >= 11 is 0. The lowest BCUT2D eigenvalue weighted by Crippen LogP contribution is -2.49. The van der Waals surface area contributed by atoms with E-state index in [9.17, 15) is 4.79 Å². The summed E-state index contributed by atoms with van der Waals surface area (Å²) in [5.74, 6) is 0.856. The molecular weight excluding hydrogens is 262 g/mol. The molecule has 4 nitrogen and oxygen atoms in total. The number of hydrogen-bond donors (Lipinski definition) is 1. The minimum absolute atomic E-state index is 0.176. The Bertz CT molecular complexity index is 439. The van der Waals surface area contributed by atoms with Gasteiger partial charge < -0.3 is 10.6 Å². The molecule has 0 saturated carbocycles. The average molecular weight is 289 g/mol. The number of nitrogens with zero attached hydrogens (tertiary/aromatic N) is 2. The number of amides is 1. The topological polar surface area (TPSA) is 49.6 Å². The van der Waals surface area contributed by atoms with Crippen LogP contribution < -0.4 is 5.73 Å². The highest BCUT2D eigenvalue weighted by Crippen LogP contribution is 2.15. The number of benzene rings is 1. The van der Waals surface area contributed by atoms with Gasteiger partial charge in [-0.05, 0) is 11.5 Å². The third-order valence-corrected chi connectivity index (χ3v) is 3.97. The molecule has 21 heavy (non-hydrogen) atoms. The molecule has 1 saturated heterocycles. The van der Waals surface area contributed by atoms with Crippen LogP contribution in [0.4, 0.5) is 0 Å². The van der Waals surface area contributed by atoms with Crippen molar-refractivity contribution in [3.8, 4) is 0 Å². The zero-order chi connectivity index (χ0) is 15.2. The molecule has 1 atom stereocenters. The smallest absolute Gasteiger partial charge is 0.224 e. The number of carbonyl (C=O) groups excluding carboxylic acids is 1. The lowest BCUT2D eigenvalue weighted by Gasteiger charge is -2.36. The van der Waals surface area contributed by atoms with Crippen molar-refractivity contribution in [3.05, 3.63) is 35.9 Å². The van der Waals surface area contributed by atoms with Gasteiger partial charge in [0.1, 0.15) is 0 Å². The van der Waals surface area contributed by atoms with Crippen molar-refractivity contribution in [1.29, 1.82) is 0 Å². The Balaban J connectivity index is 1.80. The highest BCUT2D eigenvalue weighted by Gasteiger charge is 2.23. The van der Waals surface area contributed by atoms with Gasteiger partial charge in [-0.15, -0.1) is 0 Å².